The number of nitrogens with one attached hydrogen (secondary N) is 1. The molecule has 5 heteroatoms. The summed E-state index contributed by atoms with van der Waals surface area (Å²) in [6.45, 7) is 6.38. The lowest BCUT2D eigenvalue weighted by Crippen LogP contribution is -2.02. The number of H-pyrrole nitrogens is 1. The summed E-state index contributed by atoms with van der Waals surface area (Å²) in [5, 5.41) is 1.59. The maximum absolute atomic E-state index is 6.09. The van der Waals surface area contributed by atoms with Crippen LogP contribution in [0, 0.1) is 0 Å². The standard InChI is InChI=1S/C12H15BrClN3/c1-4-5-7-15-10(6(2)3)8-9(13)11(14)17-12(8)16-7/h6H,4-5H2,1-3H3,(H,15,16,17). The summed E-state index contributed by atoms with van der Waals surface area (Å²) in [7, 11) is 0. The summed E-state index contributed by atoms with van der Waals surface area (Å²) < 4.78 is 0.862. The highest BCUT2D eigenvalue weighted by molar-refractivity contribution is 9.10. The van der Waals surface area contributed by atoms with Crippen molar-refractivity contribution >= 4 is 38.6 Å². The third kappa shape index (κ3) is 2.33. The Bertz CT molecular complexity index is 548. The van der Waals surface area contributed by atoms with Gasteiger partial charge in [0.1, 0.15) is 16.6 Å². The minimum absolute atomic E-state index is 0.347. The van der Waals surface area contributed by atoms with Gasteiger partial charge in [-0.25, -0.2) is 9.97 Å². The normalized spacial score (nSPS) is 11.6. The van der Waals surface area contributed by atoms with Gasteiger partial charge in [-0.3, -0.25) is 0 Å². The summed E-state index contributed by atoms with van der Waals surface area (Å²) in [6.07, 6.45) is 1.93. The van der Waals surface area contributed by atoms with Crippen molar-refractivity contribution in [2.24, 2.45) is 0 Å². The molecule has 2 heterocycles. The van der Waals surface area contributed by atoms with Gasteiger partial charge < -0.3 is 4.98 Å². The third-order valence-corrected chi connectivity index (χ3v) is 3.95. The lowest BCUT2D eigenvalue weighted by molar-refractivity contribution is 0.778. The molecule has 1 N–H and O–H groups in total. The van der Waals surface area contributed by atoms with Crippen molar-refractivity contribution in [1.29, 1.82) is 0 Å². The van der Waals surface area contributed by atoms with E-state index in [4.69, 9.17) is 11.6 Å². The number of aromatic amines is 1. The van der Waals surface area contributed by atoms with Crippen LogP contribution in [-0.2, 0) is 6.42 Å². The molecule has 0 atom stereocenters. The molecule has 2 rings (SSSR count). The lowest BCUT2D eigenvalue weighted by atomic mass is 10.1. The van der Waals surface area contributed by atoms with Gasteiger partial charge in [0.2, 0.25) is 0 Å². The molecule has 3 nitrogen and oxygen atoms in total. The molecule has 2 aromatic rings. The summed E-state index contributed by atoms with van der Waals surface area (Å²) in [4.78, 5) is 12.2. The first kappa shape index (κ1) is 12.8. The number of nitrogens with zero attached hydrogens (tertiary/aromatic N) is 2. The van der Waals surface area contributed by atoms with Gasteiger partial charge in [0, 0.05) is 6.42 Å². The summed E-state index contributed by atoms with van der Waals surface area (Å²) in [6, 6.07) is 0. The van der Waals surface area contributed by atoms with Crippen LogP contribution in [0.3, 0.4) is 0 Å². The zero-order valence-electron chi connectivity index (χ0n) is 10.1. The van der Waals surface area contributed by atoms with Crippen molar-refractivity contribution in [3.63, 3.8) is 0 Å². The average molecular weight is 317 g/mol. The highest BCUT2D eigenvalue weighted by Crippen LogP contribution is 2.34. The van der Waals surface area contributed by atoms with Gasteiger partial charge in [-0.05, 0) is 28.3 Å². The van der Waals surface area contributed by atoms with Crippen LogP contribution in [0.4, 0.5) is 0 Å². The second-order valence-corrected chi connectivity index (χ2v) is 5.58. The largest absolute Gasteiger partial charge is 0.329 e. The zero-order valence-corrected chi connectivity index (χ0v) is 12.5. The molecule has 0 radical (unpaired) electrons. The van der Waals surface area contributed by atoms with E-state index in [1.807, 2.05) is 0 Å². The first-order chi connectivity index (χ1) is 8.04. The van der Waals surface area contributed by atoms with E-state index in [2.05, 4.69) is 51.7 Å². The van der Waals surface area contributed by atoms with Crippen molar-refractivity contribution in [2.75, 3.05) is 0 Å². The van der Waals surface area contributed by atoms with Crippen LogP contribution in [0.15, 0.2) is 4.47 Å². The van der Waals surface area contributed by atoms with Gasteiger partial charge in [0.25, 0.3) is 0 Å². The van der Waals surface area contributed by atoms with Crippen molar-refractivity contribution in [1.82, 2.24) is 15.0 Å². The molecule has 0 aliphatic heterocycles. The fourth-order valence-corrected chi connectivity index (χ4v) is 2.53. The summed E-state index contributed by atoms with van der Waals surface area (Å²) in [5.41, 5.74) is 1.87. The topological polar surface area (TPSA) is 41.6 Å². The molecular formula is C12H15BrClN3. The Kier molecular flexibility index (Phi) is 3.73. The Morgan fingerprint density at radius 1 is 1.35 bits per heavy atom. The predicted octanol–water partition coefficient (Wildman–Crippen LogP) is 4.45. The van der Waals surface area contributed by atoms with Crippen molar-refractivity contribution in [2.45, 2.75) is 39.5 Å². The number of hydrogen-bond donors (Lipinski definition) is 1. The number of hydrogen-bond acceptors (Lipinski definition) is 2. The second kappa shape index (κ2) is 4.94. The van der Waals surface area contributed by atoms with Gasteiger partial charge in [0.15, 0.2) is 0 Å². The smallest absolute Gasteiger partial charge is 0.143 e. The Morgan fingerprint density at radius 2 is 2.06 bits per heavy atom. The molecule has 92 valence electrons. The van der Waals surface area contributed by atoms with Crippen molar-refractivity contribution < 1.29 is 0 Å². The highest BCUT2D eigenvalue weighted by Gasteiger charge is 2.17. The minimum atomic E-state index is 0.347. The summed E-state index contributed by atoms with van der Waals surface area (Å²) >= 11 is 9.58. The number of fused-ring (bicyclic) bond motifs is 1. The monoisotopic (exact) mass is 315 g/mol. The minimum Gasteiger partial charge on any atom is -0.329 e. The number of halogens is 2. The molecule has 0 aliphatic carbocycles. The second-order valence-electron chi connectivity index (χ2n) is 4.41. The van der Waals surface area contributed by atoms with Crippen molar-refractivity contribution in [3.8, 4) is 0 Å². The molecule has 0 bridgehead atoms. The van der Waals surface area contributed by atoms with Gasteiger partial charge in [-0.1, -0.05) is 32.4 Å². The quantitative estimate of drug-likeness (QED) is 0.909. The van der Waals surface area contributed by atoms with Crippen LogP contribution in [0.1, 0.15) is 44.6 Å². The van der Waals surface area contributed by atoms with Gasteiger partial charge in [-0.2, -0.15) is 0 Å². The van der Waals surface area contributed by atoms with Crippen molar-refractivity contribution in [3.05, 3.63) is 21.1 Å². The number of rotatable bonds is 3. The van der Waals surface area contributed by atoms with E-state index in [-0.39, 0.29) is 0 Å². The summed E-state index contributed by atoms with van der Waals surface area (Å²) in [5.74, 6) is 1.23. The molecule has 0 saturated carbocycles. The van der Waals surface area contributed by atoms with Crippen LogP contribution >= 0.6 is 27.5 Å². The molecular weight excluding hydrogens is 302 g/mol. The van der Waals surface area contributed by atoms with Crippen LogP contribution < -0.4 is 0 Å². The van der Waals surface area contributed by atoms with E-state index in [1.165, 1.54) is 0 Å². The van der Waals surface area contributed by atoms with Gasteiger partial charge >= 0.3 is 0 Å². The van der Waals surface area contributed by atoms with Gasteiger partial charge in [-0.15, -0.1) is 0 Å². The molecule has 0 fully saturated rings. The number of aromatic nitrogens is 3. The Labute approximate surface area is 114 Å². The molecule has 2 aromatic heterocycles. The molecule has 17 heavy (non-hydrogen) atoms. The third-order valence-electron chi connectivity index (χ3n) is 2.64. The van der Waals surface area contributed by atoms with E-state index in [0.29, 0.717) is 11.1 Å². The zero-order chi connectivity index (χ0) is 12.6. The fraction of sp³-hybridized carbons (Fsp3) is 0.500. The fourth-order valence-electron chi connectivity index (χ4n) is 1.85. The number of aryl methyl sites for hydroxylation is 1. The Hall–Kier alpha value is -0.610. The highest BCUT2D eigenvalue weighted by atomic mass is 79.9. The van der Waals surface area contributed by atoms with E-state index >= 15 is 0 Å². The predicted molar refractivity (Wildman–Crippen MR) is 74.7 cm³/mol. The molecule has 0 unspecified atom stereocenters. The maximum atomic E-state index is 6.09. The van der Waals surface area contributed by atoms with E-state index < -0.39 is 0 Å². The molecule has 0 spiro atoms. The first-order valence-corrected chi connectivity index (χ1v) is 6.95. The SMILES string of the molecule is CCCc1nc(C(C)C)c2c(Br)c(Cl)[nH]c2n1. The average Bonchev–Trinajstić information content (AvgIpc) is 2.54. The molecule has 0 aliphatic rings. The van der Waals surface area contributed by atoms with E-state index in [9.17, 15) is 0 Å². The molecule has 0 amide bonds. The van der Waals surface area contributed by atoms with E-state index in [0.717, 1.165) is 39.9 Å². The van der Waals surface area contributed by atoms with Crippen LogP contribution in [0.2, 0.25) is 5.15 Å². The van der Waals surface area contributed by atoms with Crippen LogP contribution in [0.5, 0.6) is 0 Å². The Balaban J connectivity index is 2.72. The lowest BCUT2D eigenvalue weighted by Gasteiger charge is -2.08. The van der Waals surface area contributed by atoms with Gasteiger partial charge in [0.05, 0.1) is 15.6 Å². The van der Waals surface area contributed by atoms with Crippen LogP contribution in [0.25, 0.3) is 11.0 Å². The molecule has 0 saturated heterocycles. The first-order valence-electron chi connectivity index (χ1n) is 5.78. The maximum Gasteiger partial charge on any atom is 0.143 e. The Morgan fingerprint density at radius 3 is 2.65 bits per heavy atom. The molecule has 0 aromatic carbocycles. The van der Waals surface area contributed by atoms with E-state index in [1.54, 1.807) is 0 Å². The van der Waals surface area contributed by atoms with Crippen LogP contribution in [-0.4, -0.2) is 15.0 Å².